The largest absolute Gasteiger partial charge is 0.457 e. The molecule has 4 aliphatic carbocycles. The van der Waals surface area contributed by atoms with E-state index in [0.717, 1.165) is 24.8 Å². The Morgan fingerprint density at radius 1 is 1.32 bits per heavy atom. The summed E-state index contributed by atoms with van der Waals surface area (Å²) >= 11 is 0. The van der Waals surface area contributed by atoms with E-state index in [4.69, 9.17) is 4.74 Å². The molecule has 150 valence electrons. The predicted molar refractivity (Wildman–Crippen MR) is 103 cm³/mol. The van der Waals surface area contributed by atoms with E-state index < -0.39 is 17.5 Å². The average molecular weight is 384 g/mol. The van der Waals surface area contributed by atoms with Gasteiger partial charge in [-0.1, -0.05) is 31.6 Å². The number of hydrogen-bond donors (Lipinski definition) is 1. The fourth-order valence-electron chi connectivity index (χ4n) is 6.57. The van der Waals surface area contributed by atoms with Gasteiger partial charge < -0.3 is 9.84 Å². The van der Waals surface area contributed by atoms with Gasteiger partial charge in [-0.3, -0.25) is 14.4 Å². The molecule has 1 N–H and O–H groups in total. The zero-order valence-electron chi connectivity index (χ0n) is 16.7. The van der Waals surface area contributed by atoms with Crippen LogP contribution in [0.3, 0.4) is 0 Å². The molecule has 0 bridgehead atoms. The molecule has 0 aliphatic heterocycles. The molecule has 0 aromatic carbocycles. The van der Waals surface area contributed by atoms with Crippen LogP contribution in [0.15, 0.2) is 35.5 Å². The molecule has 0 amide bonds. The second kappa shape index (κ2) is 6.51. The molecule has 0 radical (unpaired) electrons. The monoisotopic (exact) mass is 384 g/mol. The van der Waals surface area contributed by atoms with Crippen LogP contribution in [-0.2, 0) is 19.1 Å². The maximum Gasteiger partial charge on any atom is 0.303 e. The third-order valence-corrected chi connectivity index (χ3v) is 7.78. The quantitative estimate of drug-likeness (QED) is 0.757. The van der Waals surface area contributed by atoms with Crippen molar-refractivity contribution in [3.63, 3.8) is 0 Å². The first-order chi connectivity index (χ1) is 13.2. The predicted octanol–water partition coefficient (Wildman–Crippen LogP) is 2.93. The average Bonchev–Trinajstić information content (AvgIpc) is 2.96. The maximum absolute atomic E-state index is 12.7. The van der Waals surface area contributed by atoms with Gasteiger partial charge in [0.1, 0.15) is 0 Å². The lowest BCUT2D eigenvalue weighted by Crippen LogP contribution is -2.55. The number of carbonyl (C=O) groups excluding carboxylic acids is 3. The summed E-state index contributed by atoms with van der Waals surface area (Å²) in [6, 6.07) is 0. The Morgan fingerprint density at radius 3 is 2.79 bits per heavy atom. The van der Waals surface area contributed by atoms with Gasteiger partial charge in [-0.25, -0.2) is 0 Å². The molecule has 4 rings (SSSR count). The number of aliphatic hydroxyl groups excluding tert-OH is 1. The Hall–Kier alpha value is -2.01. The lowest BCUT2D eigenvalue weighted by molar-refractivity contribution is -0.145. The van der Waals surface area contributed by atoms with Crippen molar-refractivity contribution in [2.24, 2.45) is 28.6 Å². The highest BCUT2D eigenvalue weighted by atomic mass is 16.5. The first-order valence-electron chi connectivity index (χ1n) is 10.2. The van der Waals surface area contributed by atoms with Crippen molar-refractivity contribution in [3.8, 4) is 0 Å². The molecule has 0 aromatic heterocycles. The van der Waals surface area contributed by atoms with E-state index in [1.807, 2.05) is 12.2 Å². The number of carbonyl (C=O) groups is 3. The number of ketones is 2. The van der Waals surface area contributed by atoms with Crippen molar-refractivity contribution < 1.29 is 24.2 Å². The molecule has 4 aliphatic rings. The summed E-state index contributed by atoms with van der Waals surface area (Å²) in [6.07, 6.45) is 9.91. The summed E-state index contributed by atoms with van der Waals surface area (Å²) in [7, 11) is 0. The number of Topliss-reactive ketones (excluding diaryl/α,β-unsaturated/α-hetero) is 1. The number of ether oxygens (including phenoxy) is 1. The van der Waals surface area contributed by atoms with Crippen molar-refractivity contribution in [1.29, 1.82) is 0 Å². The molecular formula is C23H28O5. The number of aliphatic hydroxyl groups is 1. The van der Waals surface area contributed by atoms with E-state index >= 15 is 0 Å². The Balaban J connectivity index is 1.63. The summed E-state index contributed by atoms with van der Waals surface area (Å²) in [5, 5.41) is 11.2. The number of esters is 1. The highest BCUT2D eigenvalue weighted by Gasteiger charge is 2.60. The molecule has 2 fully saturated rings. The number of hydrogen-bond acceptors (Lipinski definition) is 5. The van der Waals surface area contributed by atoms with Crippen LogP contribution in [0.4, 0.5) is 0 Å². The topological polar surface area (TPSA) is 80.7 Å². The van der Waals surface area contributed by atoms with E-state index in [-0.39, 0.29) is 41.3 Å². The second-order valence-electron chi connectivity index (χ2n) is 9.27. The molecule has 1 unspecified atom stereocenters. The van der Waals surface area contributed by atoms with Crippen molar-refractivity contribution in [1.82, 2.24) is 0 Å². The highest BCUT2D eigenvalue weighted by molar-refractivity contribution is 6.01. The van der Waals surface area contributed by atoms with E-state index in [1.165, 1.54) is 6.92 Å². The van der Waals surface area contributed by atoms with Gasteiger partial charge in [0.05, 0.1) is 6.10 Å². The molecular weight excluding hydrogens is 356 g/mol. The lowest BCUT2D eigenvalue weighted by atomic mass is 9.47. The van der Waals surface area contributed by atoms with Crippen LogP contribution in [0, 0.1) is 28.6 Å². The zero-order valence-corrected chi connectivity index (χ0v) is 16.7. The van der Waals surface area contributed by atoms with E-state index in [2.05, 4.69) is 13.8 Å². The van der Waals surface area contributed by atoms with Gasteiger partial charge in [0.25, 0.3) is 0 Å². The molecule has 0 spiro atoms. The SMILES string of the molecule is CC(=O)OCC(=O)C1=CC[C@H]2[C@@H]3CCC4=CC(=O)C=C[C@]4(C)[C@H]3C(O)C[C@]12C. The summed E-state index contributed by atoms with van der Waals surface area (Å²) in [6.45, 7) is 5.28. The number of fused-ring (bicyclic) bond motifs is 5. The van der Waals surface area contributed by atoms with Gasteiger partial charge >= 0.3 is 5.97 Å². The van der Waals surface area contributed by atoms with Gasteiger partial charge in [-0.05, 0) is 49.7 Å². The third kappa shape index (κ3) is 2.74. The van der Waals surface area contributed by atoms with Gasteiger partial charge in [0, 0.05) is 29.2 Å². The molecule has 2 saturated carbocycles. The fraction of sp³-hybridized carbons (Fsp3) is 0.609. The number of allylic oxidation sites excluding steroid dienone is 5. The van der Waals surface area contributed by atoms with Crippen LogP contribution < -0.4 is 0 Å². The summed E-state index contributed by atoms with van der Waals surface area (Å²) in [5.41, 5.74) is 1.13. The molecule has 0 heterocycles. The van der Waals surface area contributed by atoms with Crippen molar-refractivity contribution in [2.45, 2.75) is 52.6 Å². The standard InChI is InChI=1S/C23H28O5/c1-13(24)28-12-20(27)18-7-6-17-16-5-4-14-10-15(25)8-9-22(14,2)21(16)19(26)11-23(17,18)3/h7-10,16-17,19,21,26H,4-6,11-12H2,1-3H3/t16-,17-,19?,21+,22-,23-/m0/s1. The number of rotatable bonds is 3. The minimum Gasteiger partial charge on any atom is -0.457 e. The molecule has 0 aromatic rings. The van der Waals surface area contributed by atoms with Crippen molar-refractivity contribution in [3.05, 3.63) is 35.5 Å². The second-order valence-corrected chi connectivity index (χ2v) is 9.27. The van der Waals surface area contributed by atoms with Gasteiger partial charge in [0.15, 0.2) is 18.2 Å². The van der Waals surface area contributed by atoms with Crippen LogP contribution in [0.2, 0.25) is 0 Å². The molecule has 5 heteroatoms. The van der Waals surface area contributed by atoms with Crippen LogP contribution in [-0.4, -0.2) is 35.4 Å². The van der Waals surface area contributed by atoms with Crippen LogP contribution in [0.1, 0.15) is 46.5 Å². The van der Waals surface area contributed by atoms with Crippen LogP contribution in [0.5, 0.6) is 0 Å². The highest BCUT2D eigenvalue weighted by Crippen LogP contribution is 2.64. The summed E-state index contributed by atoms with van der Waals surface area (Å²) in [5.74, 6) is 0.0194. The zero-order chi connectivity index (χ0) is 20.3. The van der Waals surface area contributed by atoms with E-state index in [1.54, 1.807) is 12.2 Å². The smallest absolute Gasteiger partial charge is 0.303 e. The normalized spacial score (nSPS) is 41.4. The van der Waals surface area contributed by atoms with Crippen LogP contribution in [0.25, 0.3) is 0 Å². The Bertz CT molecular complexity index is 834. The molecule has 0 saturated heterocycles. The van der Waals surface area contributed by atoms with Gasteiger partial charge in [-0.2, -0.15) is 0 Å². The molecule has 5 nitrogen and oxygen atoms in total. The molecule has 28 heavy (non-hydrogen) atoms. The summed E-state index contributed by atoms with van der Waals surface area (Å²) < 4.78 is 4.93. The first-order valence-corrected chi connectivity index (χ1v) is 10.2. The minimum absolute atomic E-state index is 0.0296. The van der Waals surface area contributed by atoms with E-state index in [0.29, 0.717) is 12.0 Å². The Labute approximate surface area is 165 Å². The third-order valence-electron chi connectivity index (χ3n) is 7.78. The Kier molecular flexibility index (Phi) is 4.49. The van der Waals surface area contributed by atoms with Crippen LogP contribution >= 0.6 is 0 Å². The Morgan fingerprint density at radius 2 is 2.07 bits per heavy atom. The van der Waals surface area contributed by atoms with Gasteiger partial charge in [-0.15, -0.1) is 0 Å². The fourth-order valence-corrected chi connectivity index (χ4v) is 6.57. The molecule has 6 atom stereocenters. The van der Waals surface area contributed by atoms with Crippen molar-refractivity contribution >= 4 is 17.5 Å². The first kappa shape index (κ1) is 19.3. The summed E-state index contributed by atoms with van der Waals surface area (Å²) in [4.78, 5) is 35.7. The van der Waals surface area contributed by atoms with E-state index in [9.17, 15) is 19.5 Å². The maximum atomic E-state index is 12.7. The lowest BCUT2D eigenvalue weighted by Gasteiger charge is -2.58. The van der Waals surface area contributed by atoms with Gasteiger partial charge in [0.2, 0.25) is 0 Å². The minimum atomic E-state index is -0.555. The van der Waals surface area contributed by atoms with Crippen molar-refractivity contribution in [2.75, 3.05) is 6.61 Å².